The fourth-order valence-electron chi connectivity index (χ4n) is 2.85. The Hall–Kier alpha value is -2.91. The van der Waals surface area contributed by atoms with E-state index in [1.54, 1.807) is 77.9 Å². The maximum Gasteiger partial charge on any atom is 0.412 e. The molecule has 0 spiro atoms. The normalized spacial score (nSPS) is 12.6. The standard InChI is InChI=1S/C24H32N2O6S/c1-23(2,3)31-21(28)25-18-12-11-16(15-19(18)26-22(29)32-24(4,5)6)17-9-7-8-10-20(17)33(30)14-13-27/h7-12,15,27H,13-14H2,1-6H3,(H,25,28)(H,26,29). The van der Waals surface area contributed by atoms with Crippen molar-refractivity contribution in [1.82, 2.24) is 0 Å². The minimum atomic E-state index is -1.40. The molecule has 2 aromatic rings. The van der Waals surface area contributed by atoms with Crippen LogP contribution in [0.25, 0.3) is 11.1 Å². The number of amides is 2. The van der Waals surface area contributed by atoms with Crippen LogP contribution in [0.1, 0.15) is 41.5 Å². The summed E-state index contributed by atoms with van der Waals surface area (Å²) in [6.45, 7) is 10.3. The average Bonchev–Trinajstić information content (AvgIpc) is 2.66. The minimum Gasteiger partial charge on any atom is -0.444 e. The molecule has 2 amide bonds. The van der Waals surface area contributed by atoms with Crippen molar-refractivity contribution in [2.75, 3.05) is 23.0 Å². The van der Waals surface area contributed by atoms with E-state index in [9.17, 15) is 18.9 Å². The van der Waals surface area contributed by atoms with Crippen molar-refractivity contribution in [3.8, 4) is 11.1 Å². The number of aliphatic hydroxyl groups excluding tert-OH is 1. The van der Waals surface area contributed by atoms with Crippen LogP contribution in [0, 0.1) is 0 Å². The van der Waals surface area contributed by atoms with Gasteiger partial charge in [-0.05, 0) is 70.9 Å². The van der Waals surface area contributed by atoms with Gasteiger partial charge in [0.2, 0.25) is 0 Å². The van der Waals surface area contributed by atoms with Gasteiger partial charge in [-0.3, -0.25) is 14.8 Å². The zero-order valence-corrected chi connectivity index (χ0v) is 20.7. The average molecular weight is 477 g/mol. The van der Waals surface area contributed by atoms with Gasteiger partial charge in [0.05, 0.1) is 34.5 Å². The maximum atomic E-state index is 12.6. The summed E-state index contributed by atoms with van der Waals surface area (Å²) in [5, 5.41) is 14.5. The van der Waals surface area contributed by atoms with Crippen molar-refractivity contribution in [1.29, 1.82) is 0 Å². The quantitative estimate of drug-likeness (QED) is 0.531. The number of hydrogen-bond acceptors (Lipinski definition) is 6. The maximum absolute atomic E-state index is 12.6. The van der Waals surface area contributed by atoms with Crippen molar-refractivity contribution < 1.29 is 28.4 Å². The third-order valence-electron chi connectivity index (χ3n) is 4.01. The summed E-state index contributed by atoms with van der Waals surface area (Å²) in [6.07, 6.45) is -1.36. The highest BCUT2D eigenvalue weighted by molar-refractivity contribution is 7.85. The lowest BCUT2D eigenvalue weighted by molar-refractivity contribution is 0.0621. The molecular weight excluding hydrogens is 444 g/mol. The fourth-order valence-corrected chi connectivity index (χ4v) is 3.90. The van der Waals surface area contributed by atoms with Gasteiger partial charge >= 0.3 is 12.2 Å². The van der Waals surface area contributed by atoms with E-state index < -0.39 is 34.2 Å². The minimum absolute atomic E-state index is 0.109. The van der Waals surface area contributed by atoms with E-state index >= 15 is 0 Å². The summed E-state index contributed by atoms with van der Waals surface area (Å²) in [5.74, 6) is 0.109. The lowest BCUT2D eigenvalue weighted by atomic mass is 10.0. The largest absolute Gasteiger partial charge is 0.444 e. The molecule has 180 valence electrons. The van der Waals surface area contributed by atoms with Crippen molar-refractivity contribution in [2.24, 2.45) is 0 Å². The van der Waals surface area contributed by atoms with Crippen LogP contribution >= 0.6 is 0 Å². The topological polar surface area (TPSA) is 114 Å². The van der Waals surface area contributed by atoms with E-state index in [0.29, 0.717) is 21.7 Å². The first-order valence-corrected chi connectivity index (χ1v) is 11.8. The number of carbonyl (C=O) groups is 2. The van der Waals surface area contributed by atoms with E-state index in [-0.39, 0.29) is 18.0 Å². The van der Waals surface area contributed by atoms with Crippen LogP contribution < -0.4 is 10.6 Å². The van der Waals surface area contributed by atoms with Crippen LogP contribution in [0.4, 0.5) is 21.0 Å². The number of anilines is 2. The highest BCUT2D eigenvalue weighted by Crippen LogP contribution is 2.33. The Labute approximate surface area is 197 Å². The molecule has 0 aromatic heterocycles. The number of nitrogens with one attached hydrogen (secondary N) is 2. The van der Waals surface area contributed by atoms with Gasteiger partial charge < -0.3 is 14.6 Å². The Morgan fingerprint density at radius 2 is 1.42 bits per heavy atom. The fraction of sp³-hybridized carbons (Fsp3) is 0.417. The van der Waals surface area contributed by atoms with Crippen molar-refractivity contribution in [2.45, 2.75) is 57.6 Å². The van der Waals surface area contributed by atoms with Gasteiger partial charge in [-0.25, -0.2) is 9.59 Å². The molecule has 0 radical (unpaired) electrons. The second-order valence-corrected chi connectivity index (χ2v) is 10.8. The van der Waals surface area contributed by atoms with Gasteiger partial charge in [0, 0.05) is 4.90 Å². The SMILES string of the molecule is CC(C)(C)OC(=O)Nc1ccc(-c2ccccc2S(=O)CCO)cc1NC(=O)OC(C)(C)C. The molecule has 0 aliphatic carbocycles. The molecule has 1 unspecified atom stereocenters. The predicted molar refractivity (Wildman–Crippen MR) is 130 cm³/mol. The molecular formula is C24H32N2O6S. The second-order valence-electron chi connectivity index (χ2n) is 9.28. The van der Waals surface area contributed by atoms with Crippen LogP contribution in [-0.2, 0) is 20.3 Å². The van der Waals surface area contributed by atoms with Gasteiger partial charge in [0.1, 0.15) is 11.2 Å². The predicted octanol–water partition coefficient (Wildman–Crippen LogP) is 5.15. The molecule has 0 saturated carbocycles. The van der Waals surface area contributed by atoms with E-state index in [4.69, 9.17) is 9.47 Å². The number of rotatable bonds is 6. The third kappa shape index (κ3) is 8.51. The van der Waals surface area contributed by atoms with Crippen LogP contribution in [-0.4, -0.2) is 45.1 Å². The summed E-state index contributed by atoms with van der Waals surface area (Å²) in [7, 11) is -1.40. The zero-order chi connectivity index (χ0) is 24.8. The molecule has 8 nitrogen and oxygen atoms in total. The summed E-state index contributed by atoms with van der Waals surface area (Å²) in [6, 6.07) is 12.1. The van der Waals surface area contributed by atoms with E-state index in [1.807, 2.05) is 6.07 Å². The Balaban J connectivity index is 2.47. The van der Waals surface area contributed by atoms with E-state index in [1.165, 1.54) is 0 Å². The second kappa shape index (κ2) is 10.8. The van der Waals surface area contributed by atoms with Crippen molar-refractivity contribution >= 4 is 34.4 Å². The summed E-state index contributed by atoms with van der Waals surface area (Å²) >= 11 is 0. The molecule has 0 bridgehead atoms. The summed E-state index contributed by atoms with van der Waals surface area (Å²) in [5.41, 5.74) is 0.536. The molecule has 9 heteroatoms. The molecule has 0 aliphatic heterocycles. The van der Waals surface area contributed by atoms with E-state index in [0.717, 1.165) is 0 Å². The smallest absolute Gasteiger partial charge is 0.412 e. The summed E-state index contributed by atoms with van der Waals surface area (Å²) < 4.78 is 23.3. The highest BCUT2D eigenvalue weighted by Gasteiger charge is 2.21. The monoisotopic (exact) mass is 476 g/mol. The van der Waals surface area contributed by atoms with E-state index in [2.05, 4.69) is 10.6 Å². The van der Waals surface area contributed by atoms with Gasteiger partial charge in [0.25, 0.3) is 0 Å². The first-order valence-electron chi connectivity index (χ1n) is 10.5. The highest BCUT2D eigenvalue weighted by atomic mass is 32.2. The number of carbonyl (C=O) groups excluding carboxylic acids is 2. The van der Waals surface area contributed by atoms with Crippen LogP contribution in [0.3, 0.4) is 0 Å². The van der Waals surface area contributed by atoms with Crippen LogP contribution in [0.15, 0.2) is 47.4 Å². The summed E-state index contributed by atoms with van der Waals surface area (Å²) in [4.78, 5) is 25.3. The molecule has 1 atom stereocenters. The number of aliphatic hydroxyl groups is 1. The first kappa shape index (κ1) is 26.3. The van der Waals surface area contributed by atoms with Crippen LogP contribution in [0.2, 0.25) is 0 Å². The van der Waals surface area contributed by atoms with Gasteiger partial charge in [-0.1, -0.05) is 24.3 Å². The van der Waals surface area contributed by atoms with Crippen molar-refractivity contribution in [3.63, 3.8) is 0 Å². The molecule has 0 heterocycles. The van der Waals surface area contributed by atoms with Gasteiger partial charge in [0.15, 0.2) is 0 Å². The molecule has 3 N–H and O–H groups in total. The molecule has 0 fully saturated rings. The Morgan fingerprint density at radius 1 is 0.879 bits per heavy atom. The lowest BCUT2D eigenvalue weighted by Crippen LogP contribution is -2.29. The number of benzene rings is 2. The molecule has 0 aliphatic rings. The van der Waals surface area contributed by atoms with Crippen molar-refractivity contribution in [3.05, 3.63) is 42.5 Å². The van der Waals surface area contributed by atoms with Gasteiger partial charge in [-0.15, -0.1) is 0 Å². The molecule has 2 aromatic carbocycles. The number of hydrogen-bond donors (Lipinski definition) is 3. The molecule has 0 saturated heterocycles. The van der Waals surface area contributed by atoms with Crippen LogP contribution in [0.5, 0.6) is 0 Å². The third-order valence-corrected chi connectivity index (χ3v) is 5.41. The lowest BCUT2D eigenvalue weighted by Gasteiger charge is -2.22. The Morgan fingerprint density at radius 3 is 1.97 bits per heavy atom. The number of ether oxygens (including phenoxy) is 2. The zero-order valence-electron chi connectivity index (χ0n) is 19.9. The Bertz CT molecular complexity index is 1020. The molecule has 2 rings (SSSR count). The first-order chi connectivity index (χ1) is 15.3. The van der Waals surface area contributed by atoms with Gasteiger partial charge in [-0.2, -0.15) is 0 Å². The Kier molecular flexibility index (Phi) is 8.63. The molecule has 33 heavy (non-hydrogen) atoms.